The number of pyridine rings is 1. The van der Waals surface area contributed by atoms with Gasteiger partial charge in [-0.05, 0) is 24.3 Å². The van der Waals surface area contributed by atoms with Gasteiger partial charge in [0.2, 0.25) is 10.0 Å². The zero-order valence-electron chi connectivity index (χ0n) is 13.5. The average molecular weight is 432 g/mol. The Bertz CT molecular complexity index is 980. The van der Waals surface area contributed by atoms with Crippen LogP contribution in [0.1, 0.15) is 10.4 Å². The predicted molar refractivity (Wildman–Crippen MR) is 103 cm³/mol. The highest BCUT2D eigenvalue weighted by Gasteiger charge is 2.33. The maximum atomic E-state index is 12.9. The molecule has 1 amide bonds. The Labute approximate surface area is 166 Å². The first-order chi connectivity index (χ1) is 12.3. The number of rotatable bonds is 3. The number of aromatic nitrogens is 1. The number of nitrogens with zero attached hydrogens (tertiary/aromatic N) is 2. The SMILES string of the molecule is O=C(c1ccc[nH]c1=S)N1CCN(S(=O)(=O)c2c(Cl)cccc2Cl)CC1. The van der Waals surface area contributed by atoms with Crippen LogP contribution < -0.4 is 0 Å². The van der Waals surface area contributed by atoms with E-state index in [9.17, 15) is 13.2 Å². The number of H-pyrrole nitrogens is 1. The Hall–Kier alpha value is -1.45. The minimum Gasteiger partial charge on any atom is -0.352 e. The van der Waals surface area contributed by atoms with Crippen LogP contribution in [0.2, 0.25) is 10.0 Å². The molecule has 2 heterocycles. The Morgan fingerprint density at radius 1 is 1.04 bits per heavy atom. The van der Waals surface area contributed by atoms with Crippen LogP contribution in [0.4, 0.5) is 0 Å². The lowest BCUT2D eigenvalue weighted by molar-refractivity contribution is 0.0697. The molecule has 1 N–H and O–H groups in total. The predicted octanol–water partition coefficient (Wildman–Crippen LogP) is 3.20. The quantitative estimate of drug-likeness (QED) is 0.757. The fourth-order valence-electron chi connectivity index (χ4n) is 2.75. The molecule has 1 fully saturated rings. The van der Waals surface area contributed by atoms with Gasteiger partial charge in [-0.2, -0.15) is 4.31 Å². The molecule has 10 heteroatoms. The lowest BCUT2D eigenvalue weighted by atomic mass is 10.2. The molecule has 1 saturated heterocycles. The molecular weight excluding hydrogens is 417 g/mol. The topological polar surface area (TPSA) is 73.5 Å². The van der Waals surface area contributed by atoms with Gasteiger partial charge in [-0.15, -0.1) is 0 Å². The van der Waals surface area contributed by atoms with Gasteiger partial charge >= 0.3 is 0 Å². The number of nitrogens with one attached hydrogen (secondary N) is 1. The zero-order chi connectivity index (χ0) is 18.9. The largest absolute Gasteiger partial charge is 0.352 e. The first-order valence-corrected chi connectivity index (χ1v) is 10.3. The third-order valence-electron chi connectivity index (χ3n) is 4.09. The monoisotopic (exact) mass is 431 g/mol. The summed E-state index contributed by atoms with van der Waals surface area (Å²) in [7, 11) is -3.84. The van der Waals surface area contributed by atoms with Crippen molar-refractivity contribution in [3.63, 3.8) is 0 Å². The van der Waals surface area contributed by atoms with Gasteiger partial charge in [0.1, 0.15) is 9.54 Å². The molecule has 0 saturated carbocycles. The summed E-state index contributed by atoms with van der Waals surface area (Å²) in [5.74, 6) is -0.223. The van der Waals surface area contributed by atoms with E-state index in [1.807, 2.05) is 0 Å². The fourth-order valence-corrected chi connectivity index (χ4v) is 5.49. The van der Waals surface area contributed by atoms with Gasteiger partial charge in [0, 0.05) is 32.4 Å². The summed E-state index contributed by atoms with van der Waals surface area (Å²) < 4.78 is 27.4. The molecule has 3 rings (SSSR count). The number of hydrogen-bond donors (Lipinski definition) is 1. The minimum atomic E-state index is -3.84. The first-order valence-electron chi connectivity index (χ1n) is 7.73. The van der Waals surface area contributed by atoms with Crippen molar-refractivity contribution < 1.29 is 13.2 Å². The third kappa shape index (κ3) is 3.65. The molecule has 0 spiro atoms. The van der Waals surface area contributed by atoms with E-state index in [4.69, 9.17) is 35.4 Å². The normalized spacial score (nSPS) is 15.8. The molecule has 1 aromatic heterocycles. The highest BCUT2D eigenvalue weighted by Crippen LogP contribution is 2.31. The Kier molecular flexibility index (Phi) is 5.69. The molecule has 2 aromatic rings. The number of benzene rings is 1. The second-order valence-electron chi connectivity index (χ2n) is 5.66. The Morgan fingerprint density at radius 3 is 2.23 bits per heavy atom. The summed E-state index contributed by atoms with van der Waals surface area (Å²) in [6, 6.07) is 7.90. The summed E-state index contributed by atoms with van der Waals surface area (Å²) in [5.41, 5.74) is 0.396. The van der Waals surface area contributed by atoms with Crippen molar-refractivity contribution in [1.29, 1.82) is 0 Å². The maximum Gasteiger partial charge on any atom is 0.256 e. The number of piperazine rings is 1. The van der Waals surface area contributed by atoms with Crippen molar-refractivity contribution >= 4 is 51.4 Å². The molecule has 0 bridgehead atoms. The van der Waals surface area contributed by atoms with Crippen molar-refractivity contribution in [2.75, 3.05) is 26.2 Å². The standard InChI is InChI=1S/C16H15Cl2N3O3S2/c17-12-4-1-5-13(18)14(12)26(23,24)21-9-7-20(8-10-21)16(22)11-3-2-6-19-15(11)25/h1-6H,7-10H2,(H,19,25). The number of amides is 1. The van der Waals surface area contributed by atoms with Crippen LogP contribution >= 0.6 is 35.4 Å². The molecule has 0 atom stereocenters. The molecular formula is C16H15Cl2N3O3S2. The molecule has 0 unspecified atom stereocenters. The van der Waals surface area contributed by atoms with Gasteiger partial charge in [0.15, 0.2) is 0 Å². The Balaban J connectivity index is 1.77. The number of aromatic amines is 1. The van der Waals surface area contributed by atoms with Gasteiger partial charge in [-0.3, -0.25) is 4.79 Å². The summed E-state index contributed by atoms with van der Waals surface area (Å²) in [6.45, 7) is 0.811. The molecule has 1 aliphatic heterocycles. The van der Waals surface area contributed by atoms with Gasteiger partial charge in [0.05, 0.1) is 15.6 Å². The van der Waals surface area contributed by atoms with E-state index in [-0.39, 0.29) is 47.0 Å². The highest BCUT2D eigenvalue weighted by atomic mass is 35.5. The molecule has 138 valence electrons. The van der Waals surface area contributed by atoms with E-state index < -0.39 is 10.0 Å². The summed E-state index contributed by atoms with van der Waals surface area (Å²) in [6.07, 6.45) is 1.65. The van der Waals surface area contributed by atoms with Crippen LogP contribution in [-0.4, -0.2) is 54.7 Å². The van der Waals surface area contributed by atoms with E-state index in [0.29, 0.717) is 10.2 Å². The third-order valence-corrected chi connectivity index (χ3v) is 7.28. The van der Waals surface area contributed by atoms with E-state index >= 15 is 0 Å². The number of hydrogen-bond acceptors (Lipinski definition) is 4. The maximum absolute atomic E-state index is 12.9. The Morgan fingerprint density at radius 2 is 1.65 bits per heavy atom. The summed E-state index contributed by atoms with van der Waals surface area (Å²) in [4.78, 5) is 16.9. The van der Waals surface area contributed by atoms with E-state index in [0.717, 1.165) is 0 Å². The van der Waals surface area contributed by atoms with Crippen molar-refractivity contribution in [3.8, 4) is 0 Å². The van der Waals surface area contributed by atoms with Crippen molar-refractivity contribution in [2.24, 2.45) is 0 Å². The first kappa shape index (κ1) is 19.3. The van der Waals surface area contributed by atoms with Crippen LogP contribution in [0.3, 0.4) is 0 Å². The number of sulfonamides is 1. The van der Waals surface area contributed by atoms with Crippen LogP contribution in [0.5, 0.6) is 0 Å². The van der Waals surface area contributed by atoms with Crippen molar-refractivity contribution in [1.82, 2.24) is 14.2 Å². The van der Waals surface area contributed by atoms with E-state index in [2.05, 4.69) is 4.98 Å². The van der Waals surface area contributed by atoms with E-state index in [1.54, 1.807) is 29.3 Å². The van der Waals surface area contributed by atoms with Crippen LogP contribution in [-0.2, 0) is 10.0 Å². The molecule has 0 radical (unpaired) electrons. The molecule has 26 heavy (non-hydrogen) atoms. The summed E-state index contributed by atoms with van der Waals surface area (Å²) in [5, 5.41) is 0.151. The van der Waals surface area contributed by atoms with Crippen molar-refractivity contribution in [2.45, 2.75) is 4.90 Å². The number of carbonyl (C=O) groups is 1. The lowest BCUT2D eigenvalue weighted by Crippen LogP contribution is -2.50. The molecule has 1 aromatic carbocycles. The second kappa shape index (κ2) is 7.66. The zero-order valence-corrected chi connectivity index (χ0v) is 16.6. The van der Waals surface area contributed by atoms with Crippen molar-refractivity contribution in [3.05, 3.63) is 56.8 Å². The number of carbonyl (C=O) groups excluding carboxylic acids is 1. The molecule has 6 nitrogen and oxygen atoms in total. The van der Waals surface area contributed by atoms with Crippen LogP contribution in [0.15, 0.2) is 41.4 Å². The highest BCUT2D eigenvalue weighted by molar-refractivity contribution is 7.89. The smallest absolute Gasteiger partial charge is 0.256 e. The summed E-state index contributed by atoms with van der Waals surface area (Å²) >= 11 is 17.2. The van der Waals surface area contributed by atoms with Crippen LogP contribution in [0, 0.1) is 4.64 Å². The van der Waals surface area contributed by atoms with Crippen LogP contribution in [0.25, 0.3) is 0 Å². The average Bonchev–Trinajstić information content (AvgIpc) is 2.61. The minimum absolute atomic E-state index is 0.0755. The second-order valence-corrected chi connectivity index (χ2v) is 8.76. The van der Waals surface area contributed by atoms with Gasteiger partial charge in [-0.25, -0.2) is 8.42 Å². The van der Waals surface area contributed by atoms with E-state index in [1.165, 1.54) is 16.4 Å². The van der Waals surface area contributed by atoms with Gasteiger partial charge in [0.25, 0.3) is 5.91 Å². The lowest BCUT2D eigenvalue weighted by Gasteiger charge is -2.34. The number of halogens is 2. The van der Waals surface area contributed by atoms with Gasteiger partial charge < -0.3 is 9.88 Å². The molecule has 0 aliphatic carbocycles. The molecule has 1 aliphatic rings. The van der Waals surface area contributed by atoms with Gasteiger partial charge in [-0.1, -0.05) is 41.5 Å². The fraction of sp³-hybridized carbons (Fsp3) is 0.250.